The van der Waals surface area contributed by atoms with E-state index >= 15 is 0 Å². The van der Waals surface area contributed by atoms with Gasteiger partial charge in [-0.1, -0.05) is 0 Å². The molecule has 18 heavy (non-hydrogen) atoms. The highest BCUT2D eigenvalue weighted by atomic mass is 16.1. The molecule has 2 amide bonds. The van der Waals surface area contributed by atoms with E-state index < -0.39 is 0 Å². The third kappa shape index (κ3) is 2.99. The molecule has 0 aliphatic carbocycles. The summed E-state index contributed by atoms with van der Waals surface area (Å²) in [5, 5.41) is 5.73. The lowest BCUT2D eigenvalue weighted by molar-refractivity contribution is -0.118. The molecule has 0 fully saturated rings. The maximum atomic E-state index is 10.7. The van der Waals surface area contributed by atoms with Crippen molar-refractivity contribution in [2.45, 2.75) is 25.8 Å². The molecule has 0 spiro atoms. The molecular weight excluding hydrogens is 234 g/mol. The summed E-state index contributed by atoms with van der Waals surface area (Å²) in [6.45, 7) is 1.67. The minimum absolute atomic E-state index is 0.250. The molecule has 1 unspecified atom stereocenters. The van der Waals surface area contributed by atoms with Crippen LogP contribution in [0.25, 0.3) is 0 Å². The van der Waals surface area contributed by atoms with Gasteiger partial charge in [-0.15, -0.1) is 0 Å². The number of carbonyl (C=O) groups is 2. The number of anilines is 2. The molecular formula is C11H17N5O2. The van der Waals surface area contributed by atoms with Crippen molar-refractivity contribution in [2.24, 2.45) is 11.7 Å². The number of rotatable bonds is 6. The third-order valence-electron chi connectivity index (χ3n) is 3.02. The standard InChI is InChI=1S/C11H17N5O2/c12-9(18)3-1-2-8-4-13-11-15-10(14-7-17)6-16(11)5-8/h6-8H,1-5H2,(H2,12,18)(H,13,15)(H,14,17). The second kappa shape index (κ2) is 5.52. The Labute approximate surface area is 105 Å². The molecule has 1 aliphatic rings. The second-order valence-electron chi connectivity index (χ2n) is 4.47. The second-order valence-corrected chi connectivity index (χ2v) is 4.47. The SMILES string of the molecule is NC(=O)CCCC1CNc2nc(NC=O)cn2C1. The van der Waals surface area contributed by atoms with E-state index in [2.05, 4.69) is 15.6 Å². The van der Waals surface area contributed by atoms with E-state index in [9.17, 15) is 9.59 Å². The normalized spacial score (nSPS) is 17.7. The van der Waals surface area contributed by atoms with Crippen molar-refractivity contribution < 1.29 is 9.59 Å². The van der Waals surface area contributed by atoms with Gasteiger partial charge in [-0.2, -0.15) is 4.98 Å². The number of primary amides is 1. The lowest BCUT2D eigenvalue weighted by atomic mass is 10.0. The van der Waals surface area contributed by atoms with Gasteiger partial charge >= 0.3 is 0 Å². The smallest absolute Gasteiger partial charge is 0.217 e. The van der Waals surface area contributed by atoms with E-state index in [1.807, 2.05) is 4.57 Å². The number of carbonyl (C=O) groups excluding carboxylic acids is 2. The molecule has 0 bridgehead atoms. The molecule has 4 N–H and O–H groups in total. The maximum absolute atomic E-state index is 10.7. The van der Waals surface area contributed by atoms with Gasteiger partial charge < -0.3 is 20.9 Å². The number of hydrogen-bond acceptors (Lipinski definition) is 4. The monoisotopic (exact) mass is 251 g/mol. The van der Waals surface area contributed by atoms with Crippen LogP contribution in [0, 0.1) is 5.92 Å². The van der Waals surface area contributed by atoms with E-state index in [1.54, 1.807) is 6.20 Å². The van der Waals surface area contributed by atoms with Crippen molar-refractivity contribution in [2.75, 3.05) is 17.2 Å². The first-order valence-electron chi connectivity index (χ1n) is 5.98. The average Bonchev–Trinajstić information content (AvgIpc) is 2.70. The summed E-state index contributed by atoms with van der Waals surface area (Å²) < 4.78 is 1.98. The minimum Gasteiger partial charge on any atom is -0.370 e. The Morgan fingerprint density at radius 2 is 2.56 bits per heavy atom. The topological polar surface area (TPSA) is 102 Å². The Balaban J connectivity index is 1.88. The predicted molar refractivity (Wildman–Crippen MR) is 66.9 cm³/mol. The zero-order valence-corrected chi connectivity index (χ0v) is 10.1. The fraction of sp³-hybridized carbons (Fsp3) is 0.545. The number of fused-ring (bicyclic) bond motifs is 1. The highest BCUT2D eigenvalue weighted by Gasteiger charge is 2.19. The first kappa shape index (κ1) is 12.4. The van der Waals surface area contributed by atoms with Crippen molar-refractivity contribution in [1.82, 2.24) is 9.55 Å². The van der Waals surface area contributed by atoms with Crippen molar-refractivity contribution in [3.63, 3.8) is 0 Å². The van der Waals surface area contributed by atoms with Crippen molar-refractivity contribution in [1.29, 1.82) is 0 Å². The molecule has 1 aliphatic heterocycles. The summed E-state index contributed by atoms with van der Waals surface area (Å²) in [7, 11) is 0. The van der Waals surface area contributed by atoms with E-state index in [4.69, 9.17) is 5.73 Å². The van der Waals surface area contributed by atoms with Gasteiger partial charge in [-0.05, 0) is 18.8 Å². The van der Waals surface area contributed by atoms with Crippen LogP contribution >= 0.6 is 0 Å². The molecule has 1 aromatic rings. The maximum Gasteiger partial charge on any atom is 0.217 e. The molecule has 1 atom stereocenters. The Morgan fingerprint density at radius 3 is 3.28 bits per heavy atom. The highest BCUT2D eigenvalue weighted by Crippen LogP contribution is 2.22. The number of nitrogens with two attached hydrogens (primary N) is 1. The third-order valence-corrected chi connectivity index (χ3v) is 3.02. The minimum atomic E-state index is -0.250. The summed E-state index contributed by atoms with van der Waals surface area (Å²) in [5.74, 6) is 1.52. The van der Waals surface area contributed by atoms with Gasteiger partial charge in [0, 0.05) is 25.7 Å². The molecule has 0 radical (unpaired) electrons. The van der Waals surface area contributed by atoms with Crippen LogP contribution in [0.1, 0.15) is 19.3 Å². The largest absolute Gasteiger partial charge is 0.370 e. The molecule has 98 valence electrons. The lowest BCUT2D eigenvalue weighted by Gasteiger charge is -2.24. The first-order chi connectivity index (χ1) is 8.69. The summed E-state index contributed by atoms with van der Waals surface area (Å²) >= 11 is 0. The predicted octanol–water partition coefficient (Wildman–Crippen LogP) is 0.149. The van der Waals surface area contributed by atoms with Crippen LogP contribution in [0.2, 0.25) is 0 Å². The average molecular weight is 251 g/mol. The quantitative estimate of drug-likeness (QED) is 0.626. The number of nitrogens with one attached hydrogen (secondary N) is 2. The Morgan fingerprint density at radius 1 is 1.72 bits per heavy atom. The number of amides is 2. The zero-order valence-electron chi connectivity index (χ0n) is 10.1. The zero-order chi connectivity index (χ0) is 13.0. The summed E-state index contributed by atoms with van der Waals surface area (Å²) in [5.41, 5.74) is 5.11. The van der Waals surface area contributed by atoms with Gasteiger partial charge in [-0.3, -0.25) is 9.59 Å². The van der Waals surface area contributed by atoms with Gasteiger partial charge in [0.15, 0.2) is 5.82 Å². The number of imidazole rings is 1. The van der Waals surface area contributed by atoms with Gasteiger partial charge in [0.2, 0.25) is 18.3 Å². The van der Waals surface area contributed by atoms with Crippen LogP contribution in [0.15, 0.2) is 6.20 Å². The van der Waals surface area contributed by atoms with Gasteiger partial charge in [0.05, 0.1) is 0 Å². The van der Waals surface area contributed by atoms with Crippen molar-refractivity contribution >= 4 is 24.1 Å². The number of nitrogens with zero attached hydrogens (tertiary/aromatic N) is 2. The van der Waals surface area contributed by atoms with Crippen molar-refractivity contribution in [3.05, 3.63) is 6.20 Å². The molecule has 0 saturated carbocycles. The van der Waals surface area contributed by atoms with Crippen LogP contribution in [0.4, 0.5) is 11.8 Å². The Kier molecular flexibility index (Phi) is 3.81. The molecule has 2 heterocycles. The summed E-state index contributed by atoms with van der Waals surface area (Å²) in [6, 6.07) is 0. The fourth-order valence-corrected chi connectivity index (χ4v) is 2.16. The van der Waals surface area contributed by atoms with Crippen LogP contribution in [-0.4, -0.2) is 28.4 Å². The lowest BCUT2D eigenvalue weighted by Crippen LogP contribution is -2.27. The fourth-order valence-electron chi connectivity index (χ4n) is 2.16. The van der Waals surface area contributed by atoms with Gasteiger partial charge in [0.25, 0.3) is 0 Å². The van der Waals surface area contributed by atoms with Crippen LogP contribution in [0.3, 0.4) is 0 Å². The molecule has 2 rings (SSSR count). The summed E-state index contributed by atoms with van der Waals surface area (Å²) in [6.07, 6.45) is 4.61. The first-order valence-corrected chi connectivity index (χ1v) is 5.98. The van der Waals surface area contributed by atoms with E-state index in [0.717, 1.165) is 31.9 Å². The van der Waals surface area contributed by atoms with Crippen LogP contribution in [0.5, 0.6) is 0 Å². The van der Waals surface area contributed by atoms with E-state index in [1.165, 1.54) is 0 Å². The molecule has 0 saturated heterocycles. The van der Waals surface area contributed by atoms with E-state index in [0.29, 0.717) is 24.6 Å². The van der Waals surface area contributed by atoms with Crippen LogP contribution < -0.4 is 16.4 Å². The molecule has 1 aromatic heterocycles. The Bertz CT molecular complexity index is 443. The number of aromatic nitrogens is 2. The van der Waals surface area contributed by atoms with Gasteiger partial charge in [0.1, 0.15) is 0 Å². The van der Waals surface area contributed by atoms with E-state index in [-0.39, 0.29) is 5.91 Å². The van der Waals surface area contributed by atoms with Crippen molar-refractivity contribution in [3.8, 4) is 0 Å². The molecule has 0 aromatic carbocycles. The van der Waals surface area contributed by atoms with Crippen LogP contribution in [-0.2, 0) is 16.1 Å². The molecule has 7 nitrogen and oxygen atoms in total. The Hall–Kier alpha value is -2.05. The molecule has 7 heteroatoms. The number of hydrogen-bond donors (Lipinski definition) is 3. The highest BCUT2D eigenvalue weighted by molar-refractivity contribution is 5.73. The van der Waals surface area contributed by atoms with Gasteiger partial charge in [-0.25, -0.2) is 0 Å². The summed E-state index contributed by atoms with van der Waals surface area (Å²) in [4.78, 5) is 25.2.